The van der Waals surface area contributed by atoms with Crippen LogP contribution in [0.2, 0.25) is 0 Å². The fourth-order valence-electron chi connectivity index (χ4n) is 1.84. The quantitative estimate of drug-likeness (QED) is 0.729. The lowest BCUT2D eigenvalue weighted by atomic mass is 10.2. The summed E-state index contributed by atoms with van der Waals surface area (Å²) in [5, 5.41) is 6.86. The molecule has 94 valence electrons. The Hall–Kier alpha value is -2.34. The minimum Gasteiger partial charge on any atom is -0.268 e. The molecule has 0 unspecified atom stereocenters. The second-order valence-electron chi connectivity index (χ2n) is 3.92. The van der Waals surface area contributed by atoms with Crippen LogP contribution in [0.15, 0.2) is 48.8 Å². The molecule has 0 amide bonds. The fourth-order valence-corrected chi connectivity index (χ4v) is 2.08. The Balaban J connectivity index is 2.22. The maximum atomic E-state index is 13.3. The summed E-state index contributed by atoms with van der Waals surface area (Å²) < 4.78 is 15.4. The third-order valence-corrected chi connectivity index (χ3v) is 2.92. The highest BCUT2D eigenvalue weighted by Gasteiger charge is 2.11. The predicted octanol–water partition coefficient (Wildman–Crippen LogP) is 3.13. The second kappa shape index (κ2) is 4.74. The lowest BCUT2D eigenvalue weighted by Gasteiger charge is -2.06. The summed E-state index contributed by atoms with van der Waals surface area (Å²) in [5.41, 5.74) is 1.43. The van der Waals surface area contributed by atoms with Gasteiger partial charge in [0.1, 0.15) is 5.82 Å². The molecule has 0 aliphatic rings. The molecule has 0 fully saturated rings. The van der Waals surface area contributed by atoms with Crippen LogP contribution in [-0.4, -0.2) is 19.7 Å². The van der Waals surface area contributed by atoms with Gasteiger partial charge in [0.05, 0.1) is 6.20 Å². The molecule has 3 rings (SSSR count). The van der Waals surface area contributed by atoms with Crippen molar-refractivity contribution in [2.75, 3.05) is 0 Å². The zero-order valence-corrected chi connectivity index (χ0v) is 10.6. The highest BCUT2D eigenvalue weighted by molar-refractivity contribution is 7.71. The summed E-state index contributed by atoms with van der Waals surface area (Å²) >= 11 is 5.22. The van der Waals surface area contributed by atoms with Crippen LogP contribution in [0.4, 0.5) is 4.39 Å². The number of nitrogens with zero attached hydrogens (tertiary/aromatic N) is 3. The first-order valence-corrected chi connectivity index (χ1v) is 6.00. The highest BCUT2D eigenvalue weighted by Crippen LogP contribution is 2.21. The average molecular weight is 272 g/mol. The summed E-state index contributed by atoms with van der Waals surface area (Å²) in [6.45, 7) is 0. The molecule has 3 aromatic rings. The first-order chi connectivity index (χ1) is 9.25. The van der Waals surface area contributed by atoms with E-state index in [1.165, 1.54) is 6.07 Å². The third kappa shape index (κ3) is 2.17. The number of pyridine rings is 1. The van der Waals surface area contributed by atoms with Crippen molar-refractivity contribution in [3.8, 4) is 17.1 Å². The number of para-hydroxylation sites is 1. The van der Waals surface area contributed by atoms with Crippen molar-refractivity contribution in [2.45, 2.75) is 0 Å². The van der Waals surface area contributed by atoms with Gasteiger partial charge in [0.15, 0.2) is 10.6 Å². The second-order valence-corrected chi connectivity index (χ2v) is 4.30. The molecule has 1 aromatic carbocycles. The zero-order valence-electron chi connectivity index (χ0n) is 9.75. The van der Waals surface area contributed by atoms with Gasteiger partial charge in [-0.3, -0.25) is 14.6 Å². The van der Waals surface area contributed by atoms with E-state index in [1.54, 1.807) is 10.8 Å². The standard InChI is InChI=1S/C13H9FN4S/c14-10-6-9(7-15-8-10)12-16-17-13(19)18(12)11-4-2-1-3-5-11/h1-8H,(H,17,19). The molecule has 0 aliphatic heterocycles. The zero-order chi connectivity index (χ0) is 13.2. The van der Waals surface area contributed by atoms with Gasteiger partial charge >= 0.3 is 0 Å². The first kappa shape index (κ1) is 11.7. The molecule has 6 heteroatoms. The number of H-pyrrole nitrogens is 1. The van der Waals surface area contributed by atoms with Crippen molar-refractivity contribution in [1.29, 1.82) is 0 Å². The summed E-state index contributed by atoms with van der Waals surface area (Å²) in [4.78, 5) is 3.83. The molecule has 2 heterocycles. The van der Waals surface area contributed by atoms with E-state index in [1.807, 2.05) is 30.3 Å². The fraction of sp³-hybridized carbons (Fsp3) is 0. The van der Waals surface area contributed by atoms with Gasteiger partial charge < -0.3 is 0 Å². The molecule has 4 nitrogen and oxygen atoms in total. The number of aromatic nitrogens is 4. The lowest BCUT2D eigenvalue weighted by Crippen LogP contribution is -1.98. The molecule has 1 N–H and O–H groups in total. The molecule has 0 saturated carbocycles. The van der Waals surface area contributed by atoms with Gasteiger partial charge in [-0.15, -0.1) is 0 Å². The number of nitrogens with one attached hydrogen (secondary N) is 1. The van der Waals surface area contributed by atoms with E-state index in [2.05, 4.69) is 15.2 Å². The van der Waals surface area contributed by atoms with E-state index in [0.29, 0.717) is 16.2 Å². The Bertz CT molecular complexity index is 764. The van der Waals surface area contributed by atoms with E-state index in [4.69, 9.17) is 12.2 Å². The Kier molecular flexibility index (Phi) is 2.92. The van der Waals surface area contributed by atoms with Crippen molar-refractivity contribution in [3.63, 3.8) is 0 Å². The minimum absolute atomic E-state index is 0.411. The van der Waals surface area contributed by atoms with Crippen LogP contribution in [0.3, 0.4) is 0 Å². The Morgan fingerprint density at radius 3 is 2.68 bits per heavy atom. The molecule has 0 spiro atoms. The Morgan fingerprint density at radius 2 is 1.95 bits per heavy atom. The van der Waals surface area contributed by atoms with Crippen molar-refractivity contribution in [3.05, 3.63) is 59.4 Å². The van der Waals surface area contributed by atoms with Crippen molar-refractivity contribution in [1.82, 2.24) is 19.7 Å². The van der Waals surface area contributed by atoms with Crippen molar-refractivity contribution < 1.29 is 4.39 Å². The molecule has 0 bridgehead atoms. The van der Waals surface area contributed by atoms with Crippen molar-refractivity contribution >= 4 is 12.2 Å². The average Bonchev–Trinajstić information content (AvgIpc) is 2.82. The van der Waals surface area contributed by atoms with E-state index in [9.17, 15) is 4.39 Å². The van der Waals surface area contributed by atoms with Gasteiger partial charge in [0.25, 0.3) is 0 Å². The van der Waals surface area contributed by atoms with Crippen LogP contribution in [0.1, 0.15) is 0 Å². The topological polar surface area (TPSA) is 46.5 Å². The van der Waals surface area contributed by atoms with Crippen LogP contribution in [0.25, 0.3) is 17.1 Å². The van der Waals surface area contributed by atoms with E-state index >= 15 is 0 Å². The number of rotatable bonds is 2. The van der Waals surface area contributed by atoms with Crippen LogP contribution in [0.5, 0.6) is 0 Å². The van der Waals surface area contributed by atoms with Gasteiger partial charge in [0.2, 0.25) is 0 Å². The van der Waals surface area contributed by atoms with E-state index < -0.39 is 5.82 Å². The number of benzene rings is 1. The molecule has 0 saturated heterocycles. The minimum atomic E-state index is -0.411. The van der Waals surface area contributed by atoms with E-state index in [-0.39, 0.29) is 0 Å². The molecule has 0 atom stereocenters. The monoisotopic (exact) mass is 272 g/mol. The van der Waals surface area contributed by atoms with Gasteiger partial charge in [-0.05, 0) is 30.4 Å². The van der Waals surface area contributed by atoms with Gasteiger partial charge in [-0.1, -0.05) is 18.2 Å². The molecular weight excluding hydrogens is 263 g/mol. The molecule has 2 aromatic heterocycles. The number of halogens is 1. The summed E-state index contributed by atoms with van der Waals surface area (Å²) in [6, 6.07) is 10.9. The molecule has 0 radical (unpaired) electrons. The smallest absolute Gasteiger partial charge is 0.200 e. The summed E-state index contributed by atoms with van der Waals surface area (Å²) in [7, 11) is 0. The van der Waals surface area contributed by atoms with Crippen LogP contribution < -0.4 is 0 Å². The number of hydrogen-bond donors (Lipinski definition) is 1. The van der Waals surface area contributed by atoms with Crippen LogP contribution in [-0.2, 0) is 0 Å². The molecular formula is C13H9FN4S. The molecule has 19 heavy (non-hydrogen) atoms. The SMILES string of the molecule is Fc1cncc(-c2n[nH]c(=S)n2-c2ccccc2)c1. The van der Waals surface area contributed by atoms with Gasteiger partial charge in [-0.25, -0.2) is 4.39 Å². The number of aromatic amines is 1. The summed E-state index contributed by atoms with van der Waals surface area (Å²) in [6.07, 6.45) is 2.70. The Labute approximate surface area is 113 Å². The Morgan fingerprint density at radius 1 is 1.16 bits per heavy atom. The maximum absolute atomic E-state index is 13.3. The number of hydrogen-bond acceptors (Lipinski definition) is 3. The summed E-state index contributed by atoms with van der Waals surface area (Å²) in [5.74, 6) is 0.120. The lowest BCUT2D eigenvalue weighted by molar-refractivity contribution is 0.621. The largest absolute Gasteiger partial charge is 0.268 e. The van der Waals surface area contributed by atoms with Gasteiger partial charge in [0, 0.05) is 17.4 Å². The first-order valence-electron chi connectivity index (χ1n) is 5.59. The van der Waals surface area contributed by atoms with Crippen molar-refractivity contribution in [2.24, 2.45) is 0 Å². The predicted molar refractivity (Wildman–Crippen MR) is 71.9 cm³/mol. The normalized spacial score (nSPS) is 10.6. The van der Waals surface area contributed by atoms with Crippen LogP contribution in [0, 0.1) is 10.6 Å². The van der Waals surface area contributed by atoms with Crippen LogP contribution >= 0.6 is 12.2 Å². The van der Waals surface area contributed by atoms with Gasteiger partial charge in [-0.2, -0.15) is 5.10 Å². The third-order valence-electron chi connectivity index (χ3n) is 2.65. The highest BCUT2D eigenvalue weighted by atomic mass is 32.1. The molecule has 0 aliphatic carbocycles. The van der Waals surface area contributed by atoms with E-state index in [0.717, 1.165) is 11.9 Å². The maximum Gasteiger partial charge on any atom is 0.200 e.